The molecule has 46 heavy (non-hydrogen) atoms. The average molecular weight is 629 g/mol. The van der Waals surface area contributed by atoms with E-state index in [-0.39, 0.29) is 23.6 Å². The number of carbonyl (C=O) groups excluding carboxylic acids is 4. The Labute approximate surface area is 272 Å². The Morgan fingerprint density at radius 3 is 1.57 bits per heavy atom. The number of unbranched alkanes of at least 4 members (excludes halogenated alkanes) is 1. The topological polar surface area (TPSA) is 123 Å². The summed E-state index contributed by atoms with van der Waals surface area (Å²) in [7, 11) is 8.05. The fraction of sp³-hybridized carbons (Fsp3) is 0.389. The molecule has 0 aliphatic rings. The SMILES string of the molecule is CN(C)CCCCC(=O)Cc1ccc(CNC(=O)c2ccc(C(=O)NCc3ccc(NC(=O)NCCCN(C)C)cc3)cc2)cc1. The molecule has 10 nitrogen and oxygen atoms in total. The molecule has 0 bridgehead atoms. The van der Waals surface area contributed by atoms with Crippen molar-refractivity contribution < 1.29 is 19.2 Å². The molecule has 10 heteroatoms. The molecule has 4 N–H and O–H groups in total. The van der Waals surface area contributed by atoms with Gasteiger partial charge in [0.05, 0.1) is 0 Å². The van der Waals surface area contributed by atoms with Crippen molar-refractivity contribution in [2.24, 2.45) is 0 Å². The van der Waals surface area contributed by atoms with E-state index in [0.717, 1.165) is 49.0 Å². The molecule has 0 saturated heterocycles. The van der Waals surface area contributed by atoms with Crippen LogP contribution in [0, 0.1) is 0 Å². The molecule has 0 unspecified atom stereocenters. The van der Waals surface area contributed by atoms with Crippen LogP contribution in [0.1, 0.15) is 63.1 Å². The average Bonchev–Trinajstić information content (AvgIpc) is 3.04. The van der Waals surface area contributed by atoms with Crippen molar-refractivity contribution in [3.05, 3.63) is 101 Å². The number of carbonyl (C=O) groups is 4. The minimum Gasteiger partial charge on any atom is -0.348 e. The van der Waals surface area contributed by atoms with Crippen LogP contribution < -0.4 is 21.3 Å². The second kappa shape index (κ2) is 19.1. The Morgan fingerprint density at radius 2 is 1.04 bits per heavy atom. The van der Waals surface area contributed by atoms with Gasteiger partial charge in [0, 0.05) is 49.3 Å². The van der Waals surface area contributed by atoms with Crippen molar-refractivity contribution >= 4 is 29.3 Å². The quantitative estimate of drug-likeness (QED) is 0.154. The molecule has 0 heterocycles. The zero-order valence-electron chi connectivity index (χ0n) is 27.5. The predicted molar refractivity (Wildman–Crippen MR) is 183 cm³/mol. The van der Waals surface area contributed by atoms with E-state index in [1.54, 1.807) is 36.4 Å². The Morgan fingerprint density at radius 1 is 0.565 bits per heavy atom. The van der Waals surface area contributed by atoms with Crippen LogP contribution in [-0.4, -0.2) is 81.3 Å². The highest BCUT2D eigenvalue weighted by Gasteiger charge is 2.10. The highest BCUT2D eigenvalue weighted by Crippen LogP contribution is 2.12. The normalized spacial score (nSPS) is 10.9. The summed E-state index contributed by atoms with van der Waals surface area (Å²) in [5, 5.41) is 11.4. The number of nitrogens with one attached hydrogen (secondary N) is 4. The lowest BCUT2D eigenvalue weighted by molar-refractivity contribution is -0.118. The van der Waals surface area contributed by atoms with Crippen LogP contribution in [0.4, 0.5) is 10.5 Å². The molecule has 0 atom stereocenters. The number of amides is 4. The number of hydrogen-bond acceptors (Lipinski definition) is 6. The maximum Gasteiger partial charge on any atom is 0.319 e. The predicted octanol–water partition coefficient (Wildman–Crippen LogP) is 4.46. The second-order valence-electron chi connectivity index (χ2n) is 12.0. The van der Waals surface area contributed by atoms with Crippen LogP contribution >= 0.6 is 0 Å². The molecule has 0 aromatic heterocycles. The van der Waals surface area contributed by atoms with E-state index >= 15 is 0 Å². The third kappa shape index (κ3) is 13.6. The largest absolute Gasteiger partial charge is 0.348 e. The molecule has 0 radical (unpaired) electrons. The Kier molecular flexibility index (Phi) is 14.9. The van der Waals surface area contributed by atoms with Crippen molar-refractivity contribution in [1.82, 2.24) is 25.8 Å². The van der Waals surface area contributed by atoms with Crippen molar-refractivity contribution in [2.45, 2.75) is 45.2 Å². The molecular formula is C36H48N6O4. The van der Waals surface area contributed by atoms with Gasteiger partial charge in [0.2, 0.25) is 0 Å². The minimum absolute atomic E-state index is 0.236. The molecule has 0 spiro atoms. The fourth-order valence-corrected chi connectivity index (χ4v) is 4.66. The minimum atomic E-state index is -0.253. The van der Waals surface area contributed by atoms with Gasteiger partial charge in [-0.3, -0.25) is 14.4 Å². The summed E-state index contributed by atoms with van der Waals surface area (Å²) in [6.45, 7) is 3.17. The number of urea groups is 1. The van der Waals surface area contributed by atoms with Gasteiger partial charge in [0.1, 0.15) is 5.78 Å². The molecule has 3 rings (SSSR count). The van der Waals surface area contributed by atoms with E-state index < -0.39 is 0 Å². The zero-order chi connectivity index (χ0) is 33.3. The first kappa shape index (κ1) is 35.9. The summed E-state index contributed by atoms with van der Waals surface area (Å²) in [4.78, 5) is 53.8. The Hall–Kier alpha value is -4.54. The summed E-state index contributed by atoms with van der Waals surface area (Å²) in [6, 6.07) is 21.3. The van der Waals surface area contributed by atoms with Crippen molar-refractivity contribution in [1.29, 1.82) is 0 Å². The summed E-state index contributed by atoms with van der Waals surface area (Å²) in [6.07, 6.45) is 3.81. The van der Waals surface area contributed by atoms with Gasteiger partial charge in [-0.1, -0.05) is 36.4 Å². The van der Waals surface area contributed by atoms with E-state index in [1.807, 2.05) is 64.6 Å². The van der Waals surface area contributed by atoms with E-state index in [4.69, 9.17) is 0 Å². The van der Waals surface area contributed by atoms with Gasteiger partial charge in [-0.2, -0.15) is 0 Å². The van der Waals surface area contributed by atoms with Gasteiger partial charge in [0.15, 0.2) is 0 Å². The molecule has 0 aliphatic carbocycles. The number of benzene rings is 3. The van der Waals surface area contributed by atoms with Crippen molar-refractivity contribution in [2.75, 3.05) is 53.1 Å². The molecule has 3 aromatic carbocycles. The van der Waals surface area contributed by atoms with Crippen LogP contribution in [0.25, 0.3) is 0 Å². The maximum absolute atomic E-state index is 12.7. The van der Waals surface area contributed by atoms with E-state index in [2.05, 4.69) is 31.1 Å². The molecule has 4 amide bonds. The van der Waals surface area contributed by atoms with E-state index in [0.29, 0.717) is 49.3 Å². The number of ketones is 1. The first-order chi connectivity index (χ1) is 22.1. The number of hydrogen-bond donors (Lipinski definition) is 4. The van der Waals surface area contributed by atoms with Gasteiger partial charge in [-0.25, -0.2) is 4.79 Å². The number of rotatable bonds is 18. The number of Topliss-reactive ketones (excluding diaryl/α,β-unsaturated/α-hetero) is 1. The molecular weight excluding hydrogens is 580 g/mol. The van der Waals surface area contributed by atoms with Crippen LogP contribution in [0.5, 0.6) is 0 Å². The van der Waals surface area contributed by atoms with E-state index in [9.17, 15) is 19.2 Å². The lowest BCUT2D eigenvalue weighted by Crippen LogP contribution is -2.31. The fourth-order valence-electron chi connectivity index (χ4n) is 4.66. The second-order valence-corrected chi connectivity index (χ2v) is 12.0. The monoisotopic (exact) mass is 628 g/mol. The molecule has 246 valence electrons. The van der Waals surface area contributed by atoms with Crippen LogP contribution in [0.15, 0.2) is 72.8 Å². The zero-order valence-corrected chi connectivity index (χ0v) is 27.5. The highest BCUT2D eigenvalue weighted by atomic mass is 16.2. The number of nitrogens with zero attached hydrogens (tertiary/aromatic N) is 2. The third-order valence-corrected chi connectivity index (χ3v) is 7.33. The van der Waals surface area contributed by atoms with Gasteiger partial charge in [0.25, 0.3) is 11.8 Å². The summed E-state index contributed by atoms with van der Waals surface area (Å²) >= 11 is 0. The van der Waals surface area contributed by atoms with Gasteiger partial charge < -0.3 is 31.1 Å². The van der Waals surface area contributed by atoms with Crippen molar-refractivity contribution in [3.63, 3.8) is 0 Å². The Bertz CT molecular complexity index is 1300. The van der Waals surface area contributed by atoms with E-state index in [1.165, 1.54) is 0 Å². The summed E-state index contributed by atoms with van der Waals surface area (Å²) in [5.74, 6) is -0.244. The van der Waals surface area contributed by atoms with Crippen LogP contribution in [0.3, 0.4) is 0 Å². The van der Waals surface area contributed by atoms with Crippen LogP contribution in [-0.2, 0) is 24.3 Å². The molecule has 0 fully saturated rings. The third-order valence-electron chi connectivity index (χ3n) is 7.33. The molecule has 0 saturated carbocycles. The standard InChI is InChI=1S/C36H48N6O4/c1-41(2)22-6-5-8-33(43)24-27-9-11-28(12-10-27)25-38-34(44)30-15-17-31(18-16-30)35(45)39-26-29-13-19-32(20-14-29)40-36(46)37-21-7-23-42(3)4/h9-20H,5-8,21-26H2,1-4H3,(H,38,44)(H,39,45)(H2,37,40,46). The summed E-state index contributed by atoms with van der Waals surface area (Å²) in [5.41, 5.74) is 4.37. The molecule has 0 aliphatic heterocycles. The van der Waals surface area contributed by atoms with Gasteiger partial charge in [-0.15, -0.1) is 0 Å². The first-order valence-corrected chi connectivity index (χ1v) is 15.8. The number of anilines is 1. The lowest BCUT2D eigenvalue weighted by Gasteiger charge is -2.11. The lowest BCUT2D eigenvalue weighted by atomic mass is 10.0. The Balaban J connectivity index is 1.37. The summed E-state index contributed by atoms with van der Waals surface area (Å²) < 4.78 is 0. The van der Waals surface area contributed by atoms with Crippen molar-refractivity contribution in [3.8, 4) is 0 Å². The van der Waals surface area contributed by atoms with Gasteiger partial charge >= 0.3 is 6.03 Å². The van der Waals surface area contributed by atoms with Gasteiger partial charge in [-0.05, 0) is 114 Å². The maximum atomic E-state index is 12.7. The smallest absolute Gasteiger partial charge is 0.319 e. The molecule has 3 aromatic rings. The van der Waals surface area contributed by atoms with Crippen LogP contribution in [0.2, 0.25) is 0 Å². The first-order valence-electron chi connectivity index (χ1n) is 15.8. The highest BCUT2D eigenvalue weighted by molar-refractivity contribution is 5.97.